The summed E-state index contributed by atoms with van der Waals surface area (Å²) >= 11 is 0. The SMILES string of the molecule is CN=C(/N=C\N)N1CCC(N[N+](=O)[O-])C1COC1CCC(c2ccccc2)CC1. The van der Waals surface area contributed by atoms with Gasteiger partial charge in [-0.2, -0.15) is 0 Å². The van der Waals surface area contributed by atoms with Crippen LogP contribution in [0.15, 0.2) is 40.3 Å². The number of ether oxygens (including phenoxy) is 1. The number of nitro groups is 1. The van der Waals surface area contributed by atoms with Crippen molar-refractivity contribution in [3.8, 4) is 0 Å². The van der Waals surface area contributed by atoms with Gasteiger partial charge >= 0.3 is 0 Å². The summed E-state index contributed by atoms with van der Waals surface area (Å²) in [5, 5.41) is 10.5. The van der Waals surface area contributed by atoms with Crippen LogP contribution in [0.5, 0.6) is 0 Å². The van der Waals surface area contributed by atoms with Gasteiger partial charge in [0.2, 0.25) is 5.96 Å². The minimum atomic E-state index is -0.485. The van der Waals surface area contributed by atoms with Gasteiger partial charge in [0.15, 0.2) is 5.03 Å². The third-order valence-electron chi connectivity index (χ3n) is 5.91. The van der Waals surface area contributed by atoms with Crippen LogP contribution >= 0.6 is 0 Å². The molecule has 0 amide bonds. The van der Waals surface area contributed by atoms with Gasteiger partial charge in [-0.15, -0.1) is 5.43 Å². The van der Waals surface area contributed by atoms with Crippen LogP contribution in [-0.4, -0.2) is 60.6 Å². The third kappa shape index (κ3) is 5.44. The first-order valence-corrected chi connectivity index (χ1v) is 10.2. The number of hydrogen-bond acceptors (Lipinski definition) is 4. The van der Waals surface area contributed by atoms with E-state index in [-0.39, 0.29) is 18.2 Å². The number of rotatable bonds is 6. The summed E-state index contributed by atoms with van der Waals surface area (Å²) < 4.78 is 6.22. The molecule has 9 nitrogen and oxygen atoms in total. The van der Waals surface area contributed by atoms with Gasteiger partial charge < -0.3 is 15.4 Å². The first-order chi connectivity index (χ1) is 14.1. The Kier molecular flexibility index (Phi) is 7.40. The number of aliphatic imine (C=N–C) groups is 2. The van der Waals surface area contributed by atoms with Gasteiger partial charge in [-0.25, -0.2) is 15.1 Å². The minimum Gasteiger partial charge on any atom is -0.390 e. The van der Waals surface area contributed by atoms with Crippen molar-refractivity contribution < 1.29 is 9.77 Å². The zero-order valence-electron chi connectivity index (χ0n) is 16.8. The fourth-order valence-corrected chi connectivity index (χ4v) is 4.44. The van der Waals surface area contributed by atoms with E-state index < -0.39 is 5.03 Å². The standard InChI is InChI=1S/C20H30N6O3/c1-22-20(23-14-21)25-12-11-18(24-26(27)28)19(25)13-29-17-9-7-16(8-10-17)15-5-3-2-4-6-15/h2-6,14,16-19,24H,7-13H2,1H3,(H2,21,22,23). The van der Waals surface area contributed by atoms with Crippen molar-refractivity contribution in [3.63, 3.8) is 0 Å². The lowest BCUT2D eigenvalue weighted by atomic mass is 9.83. The molecule has 3 rings (SSSR count). The van der Waals surface area contributed by atoms with E-state index in [4.69, 9.17) is 10.5 Å². The van der Waals surface area contributed by atoms with Crippen LogP contribution in [-0.2, 0) is 4.74 Å². The predicted octanol–water partition coefficient (Wildman–Crippen LogP) is 1.93. The van der Waals surface area contributed by atoms with E-state index in [9.17, 15) is 10.1 Å². The molecule has 1 saturated carbocycles. The summed E-state index contributed by atoms with van der Waals surface area (Å²) in [5.74, 6) is 1.06. The van der Waals surface area contributed by atoms with Crippen molar-refractivity contribution in [3.05, 3.63) is 46.0 Å². The van der Waals surface area contributed by atoms with Gasteiger partial charge in [-0.05, 0) is 43.6 Å². The smallest absolute Gasteiger partial charge is 0.222 e. The average Bonchev–Trinajstić information content (AvgIpc) is 3.13. The lowest BCUT2D eigenvalue weighted by molar-refractivity contribution is -0.551. The average molecular weight is 402 g/mol. The Bertz CT molecular complexity index is 718. The number of hydrazine groups is 1. The van der Waals surface area contributed by atoms with E-state index in [0.717, 1.165) is 25.7 Å². The summed E-state index contributed by atoms with van der Waals surface area (Å²) in [4.78, 5) is 21.2. The molecule has 2 fully saturated rings. The number of nitrogens with two attached hydrogens (primary N) is 1. The Labute approximate surface area is 171 Å². The molecule has 2 unspecified atom stereocenters. The summed E-state index contributed by atoms with van der Waals surface area (Å²) in [6.45, 7) is 1.01. The molecule has 9 heteroatoms. The van der Waals surface area contributed by atoms with Crippen molar-refractivity contribution in [2.75, 3.05) is 20.2 Å². The van der Waals surface area contributed by atoms with Crippen LogP contribution < -0.4 is 11.2 Å². The van der Waals surface area contributed by atoms with Crippen molar-refractivity contribution in [1.82, 2.24) is 10.3 Å². The van der Waals surface area contributed by atoms with Gasteiger partial charge in [0.25, 0.3) is 0 Å². The molecular formula is C20H30N6O3. The maximum atomic E-state index is 11.0. The molecule has 0 radical (unpaired) electrons. The molecule has 1 aromatic carbocycles. The van der Waals surface area contributed by atoms with E-state index in [1.807, 2.05) is 11.0 Å². The Hall–Kier alpha value is -2.68. The number of benzene rings is 1. The topological polar surface area (TPSA) is 118 Å². The summed E-state index contributed by atoms with van der Waals surface area (Å²) in [7, 11) is 1.64. The second-order valence-electron chi connectivity index (χ2n) is 7.56. The zero-order chi connectivity index (χ0) is 20.6. The number of nitrogens with one attached hydrogen (secondary N) is 1. The van der Waals surface area contributed by atoms with Crippen LogP contribution in [0.2, 0.25) is 0 Å². The van der Waals surface area contributed by atoms with Crippen molar-refractivity contribution in [2.24, 2.45) is 15.7 Å². The number of guanidine groups is 1. The monoisotopic (exact) mass is 402 g/mol. The Balaban J connectivity index is 1.58. The van der Waals surface area contributed by atoms with Gasteiger partial charge in [0.1, 0.15) is 6.04 Å². The minimum absolute atomic E-state index is 0.175. The van der Waals surface area contributed by atoms with Crippen LogP contribution in [0.1, 0.15) is 43.6 Å². The molecule has 2 aliphatic rings. The summed E-state index contributed by atoms with van der Waals surface area (Å²) in [5.41, 5.74) is 9.25. The lowest BCUT2D eigenvalue weighted by Crippen LogP contribution is -2.49. The molecule has 0 bridgehead atoms. The summed E-state index contributed by atoms with van der Waals surface area (Å²) in [6.07, 6.45) is 6.17. The molecule has 1 aliphatic heterocycles. The lowest BCUT2D eigenvalue weighted by Gasteiger charge is -2.32. The van der Waals surface area contributed by atoms with Crippen molar-refractivity contribution >= 4 is 12.3 Å². The second kappa shape index (κ2) is 10.2. The molecule has 158 valence electrons. The molecule has 29 heavy (non-hydrogen) atoms. The largest absolute Gasteiger partial charge is 0.390 e. The van der Waals surface area contributed by atoms with Crippen LogP contribution in [0.25, 0.3) is 0 Å². The third-order valence-corrected chi connectivity index (χ3v) is 5.91. The van der Waals surface area contributed by atoms with Crippen molar-refractivity contribution in [2.45, 2.75) is 56.2 Å². The molecular weight excluding hydrogens is 372 g/mol. The van der Waals surface area contributed by atoms with Gasteiger partial charge in [-0.1, -0.05) is 30.3 Å². The predicted molar refractivity (Wildman–Crippen MR) is 112 cm³/mol. The van der Waals surface area contributed by atoms with E-state index in [1.54, 1.807) is 7.05 Å². The molecule has 1 saturated heterocycles. The van der Waals surface area contributed by atoms with Crippen LogP contribution in [0.3, 0.4) is 0 Å². The van der Waals surface area contributed by atoms with E-state index in [1.165, 1.54) is 11.9 Å². The quantitative estimate of drug-likeness (QED) is 0.325. The van der Waals surface area contributed by atoms with Crippen molar-refractivity contribution in [1.29, 1.82) is 0 Å². The maximum Gasteiger partial charge on any atom is 0.222 e. The molecule has 1 heterocycles. The molecule has 3 N–H and O–H groups in total. The molecule has 0 aromatic heterocycles. The highest BCUT2D eigenvalue weighted by atomic mass is 16.7. The first kappa shape index (κ1) is 21.0. The second-order valence-corrected chi connectivity index (χ2v) is 7.56. The Morgan fingerprint density at radius 3 is 2.66 bits per heavy atom. The summed E-state index contributed by atoms with van der Waals surface area (Å²) in [6, 6.07) is 10.1. The highest BCUT2D eigenvalue weighted by Crippen LogP contribution is 2.34. The van der Waals surface area contributed by atoms with E-state index >= 15 is 0 Å². The first-order valence-electron chi connectivity index (χ1n) is 10.2. The molecule has 0 spiro atoms. The van der Waals surface area contributed by atoms with E-state index in [2.05, 4.69) is 39.7 Å². The van der Waals surface area contributed by atoms with Gasteiger partial charge in [0, 0.05) is 13.6 Å². The van der Waals surface area contributed by atoms with Crippen LogP contribution in [0.4, 0.5) is 0 Å². The highest BCUT2D eigenvalue weighted by Gasteiger charge is 2.39. The number of nitrogens with zero attached hydrogens (tertiary/aromatic N) is 4. The Morgan fingerprint density at radius 1 is 1.31 bits per heavy atom. The highest BCUT2D eigenvalue weighted by molar-refractivity contribution is 5.87. The van der Waals surface area contributed by atoms with Gasteiger partial charge in [0.05, 0.1) is 25.1 Å². The number of hydrogen-bond donors (Lipinski definition) is 2. The zero-order valence-corrected chi connectivity index (χ0v) is 16.8. The fourth-order valence-electron chi connectivity index (χ4n) is 4.44. The van der Waals surface area contributed by atoms with Crippen LogP contribution in [0, 0.1) is 10.1 Å². The van der Waals surface area contributed by atoms with E-state index in [0.29, 0.717) is 31.4 Å². The normalized spacial score (nSPS) is 28.0. The molecule has 2 atom stereocenters. The maximum absolute atomic E-state index is 11.0. The Morgan fingerprint density at radius 2 is 2.03 bits per heavy atom. The van der Waals surface area contributed by atoms with Gasteiger partial charge in [-0.3, -0.25) is 4.99 Å². The number of likely N-dealkylation sites (tertiary alicyclic amines) is 1. The fraction of sp³-hybridized carbons (Fsp3) is 0.600. The molecule has 1 aromatic rings. The molecule has 1 aliphatic carbocycles.